The molecule has 2 N–H and O–H groups in total. The number of carboxylic acids is 1. The summed E-state index contributed by atoms with van der Waals surface area (Å²) in [5.74, 6) is -1.46. The molecule has 0 saturated carbocycles. The number of methoxy groups -OCH3 is 1. The minimum absolute atomic E-state index is 0.00976. The van der Waals surface area contributed by atoms with Gasteiger partial charge in [-0.15, -0.1) is 0 Å². The molecular formula is C12H16FNO4. The molecule has 0 amide bonds. The molecule has 0 fully saturated rings. The second kappa shape index (κ2) is 6.80. The summed E-state index contributed by atoms with van der Waals surface area (Å²) in [5.41, 5.74) is 0.361. The first-order chi connectivity index (χ1) is 8.58. The maximum Gasteiger partial charge on any atom is 0.328 e. The number of rotatable bonds is 7. The Morgan fingerprint density at radius 1 is 1.56 bits per heavy atom. The number of nitrogens with one attached hydrogen (secondary N) is 1. The predicted molar refractivity (Wildman–Crippen MR) is 64.5 cm³/mol. The van der Waals surface area contributed by atoms with Crippen LogP contribution < -0.4 is 10.1 Å². The van der Waals surface area contributed by atoms with Crippen molar-refractivity contribution >= 4 is 11.7 Å². The smallest absolute Gasteiger partial charge is 0.328 e. The molecule has 5 nitrogen and oxygen atoms in total. The van der Waals surface area contributed by atoms with Crippen molar-refractivity contribution in [3.8, 4) is 5.75 Å². The molecule has 0 aliphatic rings. The lowest BCUT2D eigenvalue weighted by molar-refractivity contribution is -0.139. The van der Waals surface area contributed by atoms with E-state index in [1.54, 1.807) is 13.0 Å². The van der Waals surface area contributed by atoms with Gasteiger partial charge in [-0.05, 0) is 19.1 Å². The van der Waals surface area contributed by atoms with Crippen LogP contribution >= 0.6 is 0 Å². The fourth-order valence-corrected chi connectivity index (χ4v) is 1.41. The van der Waals surface area contributed by atoms with Gasteiger partial charge in [0.1, 0.15) is 6.04 Å². The molecule has 1 aromatic rings. The molecule has 1 aromatic carbocycles. The molecular weight excluding hydrogens is 241 g/mol. The van der Waals surface area contributed by atoms with Crippen LogP contribution in [0.15, 0.2) is 18.2 Å². The number of hydrogen-bond acceptors (Lipinski definition) is 4. The first kappa shape index (κ1) is 14.2. The molecule has 1 rings (SSSR count). The summed E-state index contributed by atoms with van der Waals surface area (Å²) in [6, 6.07) is 3.27. The summed E-state index contributed by atoms with van der Waals surface area (Å²) in [5, 5.41) is 11.6. The number of aliphatic carboxylic acids is 1. The van der Waals surface area contributed by atoms with Crippen LogP contribution in [-0.2, 0) is 9.53 Å². The highest BCUT2D eigenvalue weighted by atomic mass is 19.1. The van der Waals surface area contributed by atoms with E-state index in [0.717, 1.165) is 0 Å². The minimum Gasteiger partial charge on any atom is -0.491 e. The third kappa shape index (κ3) is 3.89. The SMILES string of the molecule is CCOc1ccc(NC(COC)C(=O)O)cc1F. The first-order valence-electron chi connectivity index (χ1n) is 5.49. The monoisotopic (exact) mass is 257 g/mol. The van der Waals surface area contributed by atoms with Gasteiger partial charge in [-0.1, -0.05) is 0 Å². The van der Waals surface area contributed by atoms with Gasteiger partial charge in [0, 0.05) is 18.9 Å². The molecule has 0 heterocycles. The summed E-state index contributed by atoms with van der Waals surface area (Å²) < 4.78 is 23.3. The van der Waals surface area contributed by atoms with Crippen molar-refractivity contribution in [3.05, 3.63) is 24.0 Å². The molecule has 0 saturated heterocycles. The first-order valence-corrected chi connectivity index (χ1v) is 5.49. The molecule has 1 unspecified atom stereocenters. The van der Waals surface area contributed by atoms with Crippen LogP contribution in [-0.4, -0.2) is 37.4 Å². The van der Waals surface area contributed by atoms with Crippen molar-refractivity contribution in [2.45, 2.75) is 13.0 Å². The number of anilines is 1. The molecule has 0 radical (unpaired) electrons. The van der Waals surface area contributed by atoms with Gasteiger partial charge in [-0.3, -0.25) is 0 Å². The highest BCUT2D eigenvalue weighted by Crippen LogP contribution is 2.21. The Kier molecular flexibility index (Phi) is 5.38. The molecule has 0 bridgehead atoms. The largest absolute Gasteiger partial charge is 0.491 e. The molecule has 18 heavy (non-hydrogen) atoms. The summed E-state index contributed by atoms with van der Waals surface area (Å²) in [6.07, 6.45) is 0. The summed E-state index contributed by atoms with van der Waals surface area (Å²) in [6.45, 7) is 2.11. The fraction of sp³-hybridized carbons (Fsp3) is 0.417. The number of hydrogen-bond donors (Lipinski definition) is 2. The topological polar surface area (TPSA) is 67.8 Å². The number of halogens is 1. The van der Waals surface area contributed by atoms with E-state index >= 15 is 0 Å². The molecule has 0 aliphatic carbocycles. The molecule has 6 heteroatoms. The maximum absolute atomic E-state index is 13.5. The van der Waals surface area contributed by atoms with Gasteiger partial charge in [-0.25, -0.2) is 9.18 Å². The third-order valence-electron chi connectivity index (χ3n) is 2.20. The second-order valence-corrected chi connectivity index (χ2v) is 3.57. The van der Waals surface area contributed by atoms with Crippen molar-refractivity contribution in [2.24, 2.45) is 0 Å². The minimum atomic E-state index is -1.06. The summed E-state index contributed by atoms with van der Waals surface area (Å²) in [4.78, 5) is 10.9. The van der Waals surface area contributed by atoms with E-state index in [-0.39, 0.29) is 12.4 Å². The van der Waals surface area contributed by atoms with E-state index in [1.807, 2.05) is 0 Å². The van der Waals surface area contributed by atoms with Gasteiger partial charge in [0.2, 0.25) is 0 Å². The lowest BCUT2D eigenvalue weighted by Crippen LogP contribution is -2.33. The summed E-state index contributed by atoms with van der Waals surface area (Å²) in [7, 11) is 1.40. The van der Waals surface area contributed by atoms with Crippen molar-refractivity contribution < 1.29 is 23.8 Å². The van der Waals surface area contributed by atoms with E-state index in [9.17, 15) is 9.18 Å². The van der Waals surface area contributed by atoms with E-state index in [4.69, 9.17) is 14.6 Å². The zero-order chi connectivity index (χ0) is 13.5. The molecule has 100 valence electrons. The maximum atomic E-state index is 13.5. The number of carbonyl (C=O) groups is 1. The van der Waals surface area contributed by atoms with Gasteiger partial charge >= 0.3 is 5.97 Å². The van der Waals surface area contributed by atoms with Crippen molar-refractivity contribution in [3.63, 3.8) is 0 Å². The normalized spacial score (nSPS) is 11.9. The Labute approximate surface area is 105 Å². The van der Waals surface area contributed by atoms with Crippen LogP contribution in [0.3, 0.4) is 0 Å². The van der Waals surface area contributed by atoms with Crippen LogP contribution in [0, 0.1) is 5.82 Å². The van der Waals surface area contributed by atoms with Crippen LogP contribution in [0.4, 0.5) is 10.1 Å². The standard InChI is InChI=1S/C12H16FNO4/c1-3-18-11-5-4-8(6-9(11)13)14-10(7-17-2)12(15)16/h4-6,10,14H,3,7H2,1-2H3,(H,15,16). The molecule has 0 spiro atoms. The number of carboxylic acid groups (broad SMARTS) is 1. The predicted octanol–water partition coefficient (Wildman–Crippen LogP) is 1.74. The van der Waals surface area contributed by atoms with Crippen molar-refractivity contribution in [1.29, 1.82) is 0 Å². The Morgan fingerprint density at radius 2 is 2.28 bits per heavy atom. The fourth-order valence-electron chi connectivity index (χ4n) is 1.41. The van der Waals surface area contributed by atoms with Crippen LogP contribution in [0.1, 0.15) is 6.92 Å². The number of benzene rings is 1. The zero-order valence-electron chi connectivity index (χ0n) is 10.3. The third-order valence-corrected chi connectivity index (χ3v) is 2.20. The van der Waals surface area contributed by atoms with Gasteiger partial charge in [0.05, 0.1) is 13.2 Å². The Morgan fingerprint density at radius 3 is 2.78 bits per heavy atom. The lowest BCUT2D eigenvalue weighted by Gasteiger charge is -2.15. The van der Waals surface area contributed by atoms with Gasteiger partial charge in [-0.2, -0.15) is 0 Å². The highest BCUT2D eigenvalue weighted by Gasteiger charge is 2.17. The molecule has 0 aliphatic heterocycles. The van der Waals surface area contributed by atoms with Crippen LogP contribution in [0.5, 0.6) is 5.75 Å². The average molecular weight is 257 g/mol. The van der Waals surface area contributed by atoms with E-state index < -0.39 is 17.8 Å². The Bertz CT molecular complexity index is 411. The van der Waals surface area contributed by atoms with E-state index in [1.165, 1.54) is 19.2 Å². The van der Waals surface area contributed by atoms with Gasteiger partial charge < -0.3 is 19.9 Å². The Balaban J connectivity index is 2.77. The molecule has 0 aromatic heterocycles. The zero-order valence-corrected chi connectivity index (χ0v) is 10.3. The quantitative estimate of drug-likeness (QED) is 0.778. The van der Waals surface area contributed by atoms with E-state index in [0.29, 0.717) is 12.3 Å². The van der Waals surface area contributed by atoms with Gasteiger partial charge in [0.15, 0.2) is 11.6 Å². The van der Waals surface area contributed by atoms with Crippen molar-refractivity contribution in [2.75, 3.05) is 25.6 Å². The van der Waals surface area contributed by atoms with E-state index in [2.05, 4.69) is 5.32 Å². The van der Waals surface area contributed by atoms with Crippen LogP contribution in [0.25, 0.3) is 0 Å². The average Bonchev–Trinajstić information content (AvgIpc) is 2.32. The van der Waals surface area contributed by atoms with Gasteiger partial charge in [0.25, 0.3) is 0 Å². The highest BCUT2D eigenvalue weighted by molar-refractivity contribution is 5.77. The second-order valence-electron chi connectivity index (χ2n) is 3.57. The molecule has 1 atom stereocenters. The lowest BCUT2D eigenvalue weighted by atomic mass is 10.2. The van der Waals surface area contributed by atoms with Crippen LogP contribution in [0.2, 0.25) is 0 Å². The Hall–Kier alpha value is -1.82. The number of ether oxygens (including phenoxy) is 2. The summed E-state index contributed by atoms with van der Waals surface area (Å²) >= 11 is 0. The van der Waals surface area contributed by atoms with Crippen molar-refractivity contribution in [1.82, 2.24) is 0 Å².